The Labute approximate surface area is 181 Å². The average Bonchev–Trinajstić information content (AvgIpc) is 3.23. The molecule has 0 bridgehead atoms. The molecule has 1 unspecified atom stereocenters. The van der Waals surface area contributed by atoms with Gasteiger partial charge in [-0.05, 0) is 35.1 Å². The molecule has 0 saturated carbocycles. The standard InChI is InChI=1S/C23H27ClO6/c1-12(2)14-5-3-13(4-6-14)7-15-8-17(22-23(19(15)24)29-11-28-22)21-20(27)18(26)9-16(10-25)30-21/h3-6,8,12,16,18,20-21,25-27H,7,9-11H2,1-2H3/t16-,18-,20+,21?/m0/s1. The molecule has 1 fully saturated rings. The van der Waals surface area contributed by atoms with Gasteiger partial charge in [0.25, 0.3) is 0 Å². The van der Waals surface area contributed by atoms with Crippen molar-refractivity contribution >= 4 is 11.6 Å². The van der Waals surface area contributed by atoms with E-state index in [-0.39, 0.29) is 19.8 Å². The highest BCUT2D eigenvalue weighted by molar-refractivity contribution is 6.33. The number of aliphatic hydroxyl groups excluding tert-OH is 3. The summed E-state index contributed by atoms with van der Waals surface area (Å²) in [5.74, 6) is 1.28. The molecule has 2 aliphatic heterocycles. The topological polar surface area (TPSA) is 88.4 Å². The molecule has 0 spiro atoms. The molecule has 2 aliphatic rings. The number of rotatable bonds is 5. The highest BCUT2D eigenvalue weighted by Gasteiger charge is 2.41. The summed E-state index contributed by atoms with van der Waals surface area (Å²) in [6.45, 7) is 4.07. The molecule has 4 atom stereocenters. The van der Waals surface area contributed by atoms with Gasteiger partial charge in [0.1, 0.15) is 12.2 Å². The number of hydrogen-bond acceptors (Lipinski definition) is 6. The zero-order chi connectivity index (χ0) is 21.4. The van der Waals surface area contributed by atoms with E-state index in [1.54, 1.807) is 0 Å². The van der Waals surface area contributed by atoms with Crippen LogP contribution in [0.25, 0.3) is 0 Å². The van der Waals surface area contributed by atoms with Gasteiger partial charge in [0, 0.05) is 12.0 Å². The molecule has 2 aromatic carbocycles. The van der Waals surface area contributed by atoms with E-state index in [2.05, 4.69) is 38.1 Å². The molecule has 2 heterocycles. The molecule has 0 aromatic heterocycles. The van der Waals surface area contributed by atoms with Crippen LogP contribution in [0.5, 0.6) is 11.5 Å². The largest absolute Gasteiger partial charge is 0.453 e. The summed E-state index contributed by atoms with van der Waals surface area (Å²) >= 11 is 6.62. The van der Waals surface area contributed by atoms with Crippen molar-refractivity contribution < 1.29 is 29.5 Å². The molecule has 0 aliphatic carbocycles. The molecule has 3 N–H and O–H groups in total. The van der Waals surface area contributed by atoms with Crippen LogP contribution >= 0.6 is 11.6 Å². The predicted octanol–water partition coefficient (Wildman–Crippen LogP) is 3.33. The van der Waals surface area contributed by atoms with Gasteiger partial charge < -0.3 is 29.5 Å². The molecule has 2 aromatic rings. The van der Waals surface area contributed by atoms with Gasteiger partial charge in [0.05, 0.1) is 23.8 Å². The first-order valence-corrected chi connectivity index (χ1v) is 10.6. The zero-order valence-electron chi connectivity index (χ0n) is 17.0. The number of hydrogen-bond donors (Lipinski definition) is 3. The van der Waals surface area contributed by atoms with Crippen LogP contribution in [0, 0.1) is 0 Å². The van der Waals surface area contributed by atoms with Crippen LogP contribution in [0.4, 0.5) is 0 Å². The van der Waals surface area contributed by atoms with Gasteiger partial charge in [-0.15, -0.1) is 0 Å². The van der Waals surface area contributed by atoms with Crippen molar-refractivity contribution in [3.63, 3.8) is 0 Å². The van der Waals surface area contributed by atoms with E-state index in [4.69, 9.17) is 25.8 Å². The molecule has 6 nitrogen and oxygen atoms in total. The molecule has 162 valence electrons. The van der Waals surface area contributed by atoms with Gasteiger partial charge >= 0.3 is 0 Å². The van der Waals surface area contributed by atoms with Crippen molar-refractivity contribution in [1.82, 2.24) is 0 Å². The number of benzene rings is 2. The first-order valence-electron chi connectivity index (χ1n) is 10.2. The zero-order valence-corrected chi connectivity index (χ0v) is 17.8. The third-order valence-electron chi connectivity index (χ3n) is 5.78. The number of ether oxygens (including phenoxy) is 3. The van der Waals surface area contributed by atoms with E-state index in [1.807, 2.05) is 6.07 Å². The predicted molar refractivity (Wildman–Crippen MR) is 112 cm³/mol. The average molecular weight is 435 g/mol. The van der Waals surface area contributed by atoms with Gasteiger partial charge in [-0.1, -0.05) is 49.7 Å². The second-order valence-electron chi connectivity index (χ2n) is 8.23. The second kappa shape index (κ2) is 8.73. The smallest absolute Gasteiger partial charge is 0.231 e. The van der Waals surface area contributed by atoms with Crippen LogP contribution in [0.1, 0.15) is 54.5 Å². The minimum atomic E-state index is -1.15. The molecule has 0 radical (unpaired) electrons. The van der Waals surface area contributed by atoms with Crippen LogP contribution in [0.3, 0.4) is 0 Å². The molecule has 4 rings (SSSR count). The Morgan fingerprint density at radius 3 is 2.47 bits per heavy atom. The van der Waals surface area contributed by atoms with Gasteiger partial charge in [-0.25, -0.2) is 0 Å². The minimum Gasteiger partial charge on any atom is -0.453 e. The van der Waals surface area contributed by atoms with E-state index in [0.29, 0.717) is 34.4 Å². The van der Waals surface area contributed by atoms with E-state index in [9.17, 15) is 15.3 Å². The second-order valence-corrected chi connectivity index (χ2v) is 8.61. The molecule has 7 heteroatoms. The molecular weight excluding hydrogens is 408 g/mol. The van der Waals surface area contributed by atoms with E-state index in [0.717, 1.165) is 11.1 Å². The lowest BCUT2D eigenvalue weighted by Crippen LogP contribution is -2.44. The lowest BCUT2D eigenvalue weighted by Gasteiger charge is -2.37. The Bertz CT molecular complexity index is 898. The Hall–Kier alpha value is -1.83. The molecule has 0 amide bonds. The fourth-order valence-corrected chi connectivity index (χ4v) is 4.29. The molecular formula is C23H27ClO6. The summed E-state index contributed by atoms with van der Waals surface area (Å²) in [4.78, 5) is 0. The summed E-state index contributed by atoms with van der Waals surface area (Å²) in [5, 5.41) is 30.8. The first-order chi connectivity index (χ1) is 14.4. The highest BCUT2D eigenvalue weighted by atomic mass is 35.5. The summed E-state index contributed by atoms with van der Waals surface area (Å²) < 4.78 is 17.1. The van der Waals surface area contributed by atoms with Crippen LogP contribution < -0.4 is 9.47 Å². The van der Waals surface area contributed by atoms with Crippen molar-refractivity contribution in [1.29, 1.82) is 0 Å². The Balaban J connectivity index is 1.71. The fraction of sp³-hybridized carbons (Fsp3) is 0.478. The van der Waals surface area contributed by atoms with Gasteiger partial charge in [-0.2, -0.15) is 0 Å². The summed E-state index contributed by atoms with van der Waals surface area (Å²) in [5.41, 5.74) is 3.72. The Kier molecular flexibility index (Phi) is 6.23. The van der Waals surface area contributed by atoms with Gasteiger partial charge in [-0.3, -0.25) is 0 Å². The van der Waals surface area contributed by atoms with E-state index in [1.165, 1.54) is 5.56 Å². The SMILES string of the molecule is CC(C)c1ccc(Cc2cc(C3O[C@H](CO)C[C@H](O)[C@H]3O)c3c(c2Cl)OCO3)cc1. The third kappa shape index (κ3) is 4.03. The maximum Gasteiger partial charge on any atom is 0.231 e. The normalized spacial score (nSPS) is 25.7. The fourth-order valence-electron chi connectivity index (χ4n) is 4.03. The lowest BCUT2D eigenvalue weighted by atomic mass is 9.90. The van der Waals surface area contributed by atoms with Crippen LogP contribution in [0.15, 0.2) is 30.3 Å². The van der Waals surface area contributed by atoms with Crippen LogP contribution in [-0.2, 0) is 11.2 Å². The number of halogens is 1. The van der Waals surface area contributed by atoms with Crippen LogP contribution in [0.2, 0.25) is 5.02 Å². The Morgan fingerprint density at radius 2 is 1.80 bits per heavy atom. The van der Waals surface area contributed by atoms with Gasteiger partial charge in [0.2, 0.25) is 6.79 Å². The first kappa shape index (κ1) is 21.4. The number of aliphatic hydroxyl groups is 3. The minimum absolute atomic E-state index is 0.0173. The highest BCUT2D eigenvalue weighted by Crippen LogP contribution is 2.49. The monoisotopic (exact) mass is 434 g/mol. The van der Waals surface area contributed by atoms with Crippen molar-refractivity contribution in [3.05, 3.63) is 57.6 Å². The van der Waals surface area contributed by atoms with Crippen molar-refractivity contribution in [3.8, 4) is 11.5 Å². The van der Waals surface area contributed by atoms with E-state index < -0.39 is 24.4 Å². The quantitative estimate of drug-likeness (QED) is 0.669. The molecule has 30 heavy (non-hydrogen) atoms. The van der Waals surface area contributed by atoms with Crippen molar-refractivity contribution in [2.45, 2.75) is 57.0 Å². The van der Waals surface area contributed by atoms with Gasteiger partial charge in [0.15, 0.2) is 11.5 Å². The summed E-state index contributed by atoms with van der Waals surface area (Å²) in [7, 11) is 0. The van der Waals surface area contributed by atoms with Crippen molar-refractivity contribution in [2.75, 3.05) is 13.4 Å². The Morgan fingerprint density at radius 1 is 1.10 bits per heavy atom. The summed E-state index contributed by atoms with van der Waals surface area (Å²) in [6.07, 6.45) is -2.87. The van der Waals surface area contributed by atoms with E-state index >= 15 is 0 Å². The van der Waals surface area contributed by atoms with Crippen molar-refractivity contribution in [2.24, 2.45) is 0 Å². The maximum absolute atomic E-state index is 10.6. The third-order valence-corrected chi connectivity index (χ3v) is 6.20. The number of fused-ring (bicyclic) bond motifs is 1. The lowest BCUT2D eigenvalue weighted by molar-refractivity contribution is -0.180. The summed E-state index contributed by atoms with van der Waals surface area (Å²) in [6, 6.07) is 10.2. The maximum atomic E-state index is 10.6. The molecule has 1 saturated heterocycles. The van der Waals surface area contributed by atoms with Crippen LogP contribution in [-0.4, -0.2) is 47.0 Å².